The monoisotopic (exact) mass is 342 g/mol. The fraction of sp³-hybridized carbons (Fsp3) is 0.308. The van der Waals surface area contributed by atoms with Crippen LogP contribution in [0.15, 0.2) is 30.5 Å². The van der Waals surface area contributed by atoms with E-state index in [1.165, 1.54) is 0 Å². The number of hydrogen-bond acceptors (Lipinski definition) is 1. The third-order valence-corrected chi connectivity index (χ3v) is 3.76. The Kier molecular flexibility index (Phi) is 3.71. The van der Waals surface area contributed by atoms with Gasteiger partial charge in [0, 0.05) is 28.2 Å². The fourth-order valence-electron chi connectivity index (χ4n) is 1.94. The molecule has 0 fully saturated rings. The van der Waals surface area contributed by atoms with E-state index in [2.05, 4.69) is 22.6 Å². The highest BCUT2D eigenvalue weighted by Gasteiger charge is 2.15. The highest BCUT2D eigenvalue weighted by atomic mass is 127. The molecule has 4 heteroatoms. The minimum absolute atomic E-state index is 0.0501. The fourth-order valence-corrected chi connectivity index (χ4v) is 2.68. The molecule has 3 nitrogen and oxygen atoms in total. The number of para-hydroxylation sites is 1. The van der Waals surface area contributed by atoms with Gasteiger partial charge in [-0.15, -0.1) is 0 Å². The third kappa shape index (κ3) is 2.18. The quantitative estimate of drug-likeness (QED) is 0.766. The maximum Gasteiger partial charge on any atom is 0.328 e. The molecule has 0 N–H and O–H groups in total. The topological polar surface area (TPSA) is 25.2 Å². The third-order valence-electron chi connectivity index (χ3n) is 2.90. The minimum atomic E-state index is 0.0501. The Bertz CT molecular complexity index is 543. The van der Waals surface area contributed by atoms with Gasteiger partial charge in [0.1, 0.15) is 0 Å². The smallest absolute Gasteiger partial charge is 0.325 e. The summed E-state index contributed by atoms with van der Waals surface area (Å²) in [4.78, 5) is 14.1. The molecule has 0 unspecified atom stereocenters. The van der Waals surface area contributed by atoms with Crippen molar-refractivity contribution in [3.63, 3.8) is 0 Å². The van der Waals surface area contributed by atoms with Gasteiger partial charge in [-0.2, -0.15) is 0 Å². The number of benzene rings is 1. The van der Waals surface area contributed by atoms with Crippen molar-refractivity contribution in [2.45, 2.75) is 13.8 Å². The summed E-state index contributed by atoms with van der Waals surface area (Å²) in [6.45, 7) is 5.47. The van der Waals surface area contributed by atoms with Gasteiger partial charge in [0.05, 0.1) is 5.52 Å². The summed E-state index contributed by atoms with van der Waals surface area (Å²) < 4.78 is 2.85. The van der Waals surface area contributed by atoms with Gasteiger partial charge in [-0.1, -0.05) is 18.2 Å². The molecule has 0 aliphatic heterocycles. The molecule has 0 atom stereocenters. The molecule has 2 rings (SSSR count). The largest absolute Gasteiger partial charge is 0.328 e. The number of nitrogens with zero attached hydrogens (tertiary/aromatic N) is 2. The summed E-state index contributed by atoms with van der Waals surface area (Å²) in [5.41, 5.74) is 0.980. The van der Waals surface area contributed by atoms with Crippen LogP contribution in [-0.2, 0) is 0 Å². The molecule has 90 valence electrons. The Morgan fingerprint density at radius 2 is 1.94 bits per heavy atom. The van der Waals surface area contributed by atoms with E-state index in [-0.39, 0.29) is 6.03 Å². The van der Waals surface area contributed by atoms with Crippen LogP contribution in [0.25, 0.3) is 10.9 Å². The van der Waals surface area contributed by atoms with Crippen LogP contribution < -0.4 is 0 Å². The van der Waals surface area contributed by atoms with Gasteiger partial charge in [-0.25, -0.2) is 4.79 Å². The average molecular weight is 342 g/mol. The van der Waals surface area contributed by atoms with Crippen molar-refractivity contribution in [1.29, 1.82) is 0 Å². The lowest BCUT2D eigenvalue weighted by molar-refractivity contribution is 0.206. The maximum atomic E-state index is 12.3. The SMILES string of the molecule is CCN(CC)C(=O)n1cc(I)c2ccccc21. The molecule has 1 aromatic heterocycles. The first-order chi connectivity index (χ1) is 8.19. The molecule has 17 heavy (non-hydrogen) atoms. The molecule has 2 aromatic rings. The van der Waals surface area contributed by atoms with E-state index in [1.54, 1.807) is 4.57 Å². The molecule has 1 amide bonds. The van der Waals surface area contributed by atoms with E-state index in [4.69, 9.17) is 0 Å². The highest BCUT2D eigenvalue weighted by Crippen LogP contribution is 2.23. The van der Waals surface area contributed by atoms with Crippen molar-refractivity contribution >= 4 is 39.5 Å². The van der Waals surface area contributed by atoms with Crippen LogP contribution in [0.4, 0.5) is 4.79 Å². The van der Waals surface area contributed by atoms with Crippen LogP contribution in [0.3, 0.4) is 0 Å². The van der Waals surface area contributed by atoms with Crippen molar-refractivity contribution in [2.24, 2.45) is 0 Å². The first-order valence-corrected chi connectivity index (χ1v) is 6.81. The van der Waals surface area contributed by atoms with Gasteiger partial charge in [-0.05, 0) is 42.5 Å². The molecule has 0 bridgehead atoms. The number of hydrogen-bond donors (Lipinski definition) is 0. The zero-order valence-electron chi connectivity index (χ0n) is 9.98. The summed E-state index contributed by atoms with van der Waals surface area (Å²) in [7, 11) is 0. The number of aromatic nitrogens is 1. The second-order valence-electron chi connectivity index (χ2n) is 3.82. The number of carbonyl (C=O) groups excluding carboxylic acids is 1. The van der Waals surface area contributed by atoms with Gasteiger partial charge >= 0.3 is 6.03 Å². The second kappa shape index (κ2) is 5.08. The molecule has 0 saturated heterocycles. The van der Waals surface area contributed by atoms with Gasteiger partial charge < -0.3 is 4.90 Å². The van der Waals surface area contributed by atoms with Crippen LogP contribution in [-0.4, -0.2) is 28.6 Å². The maximum absolute atomic E-state index is 12.3. The van der Waals surface area contributed by atoms with E-state index >= 15 is 0 Å². The molecule has 0 radical (unpaired) electrons. The van der Waals surface area contributed by atoms with Crippen molar-refractivity contribution in [3.8, 4) is 0 Å². The molecule has 0 saturated carbocycles. The second-order valence-corrected chi connectivity index (χ2v) is 4.98. The van der Waals surface area contributed by atoms with Crippen molar-refractivity contribution in [1.82, 2.24) is 9.47 Å². The van der Waals surface area contributed by atoms with Gasteiger partial charge in [0.25, 0.3) is 0 Å². The molecule has 0 spiro atoms. The van der Waals surface area contributed by atoms with Crippen molar-refractivity contribution < 1.29 is 4.79 Å². The van der Waals surface area contributed by atoms with Crippen LogP contribution in [0.2, 0.25) is 0 Å². The summed E-state index contributed by atoms with van der Waals surface area (Å²) in [5, 5.41) is 1.13. The molecule has 0 aliphatic rings. The zero-order valence-corrected chi connectivity index (χ0v) is 12.1. The predicted molar refractivity (Wildman–Crippen MR) is 78.4 cm³/mol. The van der Waals surface area contributed by atoms with Crippen molar-refractivity contribution in [3.05, 3.63) is 34.0 Å². The normalized spacial score (nSPS) is 10.8. The van der Waals surface area contributed by atoms with E-state index in [9.17, 15) is 4.79 Å². The standard InChI is InChI=1S/C13H15IN2O/c1-3-15(4-2)13(17)16-9-11(14)10-7-5-6-8-12(10)16/h5-9H,3-4H2,1-2H3. The first-order valence-electron chi connectivity index (χ1n) is 5.73. The Labute approximate surface area is 115 Å². The molecule has 0 aliphatic carbocycles. The Hall–Kier alpha value is -1.04. The summed E-state index contributed by atoms with van der Waals surface area (Å²) in [5.74, 6) is 0. The van der Waals surface area contributed by atoms with Crippen LogP contribution >= 0.6 is 22.6 Å². The van der Waals surface area contributed by atoms with Gasteiger partial charge in [0.15, 0.2) is 0 Å². The zero-order chi connectivity index (χ0) is 12.4. The number of halogens is 1. The number of amides is 1. The lowest BCUT2D eigenvalue weighted by atomic mass is 10.2. The summed E-state index contributed by atoms with van der Waals surface area (Å²) >= 11 is 2.27. The Balaban J connectivity index is 2.52. The number of carbonyl (C=O) groups is 1. The average Bonchev–Trinajstić information content (AvgIpc) is 2.69. The Morgan fingerprint density at radius 1 is 1.29 bits per heavy atom. The summed E-state index contributed by atoms with van der Waals surface area (Å²) in [6.07, 6.45) is 1.91. The summed E-state index contributed by atoms with van der Waals surface area (Å²) in [6, 6.07) is 8.04. The van der Waals surface area contributed by atoms with Crippen LogP contribution in [0, 0.1) is 3.57 Å². The van der Waals surface area contributed by atoms with Crippen LogP contribution in [0.5, 0.6) is 0 Å². The van der Waals surface area contributed by atoms with E-state index in [1.807, 2.05) is 49.2 Å². The predicted octanol–water partition coefficient (Wildman–Crippen LogP) is 3.56. The van der Waals surface area contributed by atoms with Crippen molar-refractivity contribution in [2.75, 3.05) is 13.1 Å². The number of fused-ring (bicyclic) bond motifs is 1. The first kappa shape index (κ1) is 12.4. The molecular weight excluding hydrogens is 327 g/mol. The molecule has 1 aromatic carbocycles. The lowest BCUT2D eigenvalue weighted by Gasteiger charge is -2.19. The van der Waals surface area contributed by atoms with E-state index in [0.717, 1.165) is 27.6 Å². The highest BCUT2D eigenvalue weighted by molar-refractivity contribution is 14.1. The molecular formula is C13H15IN2O. The van der Waals surface area contributed by atoms with Crippen LogP contribution in [0.1, 0.15) is 13.8 Å². The minimum Gasteiger partial charge on any atom is -0.325 e. The van der Waals surface area contributed by atoms with E-state index < -0.39 is 0 Å². The Morgan fingerprint density at radius 3 is 2.59 bits per heavy atom. The van der Waals surface area contributed by atoms with E-state index in [0.29, 0.717) is 0 Å². The van der Waals surface area contributed by atoms with Gasteiger partial charge in [0.2, 0.25) is 0 Å². The molecule has 1 heterocycles. The number of rotatable bonds is 2. The van der Waals surface area contributed by atoms with Gasteiger partial charge in [-0.3, -0.25) is 4.57 Å². The lowest BCUT2D eigenvalue weighted by Crippen LogP contribution is -2.33.